The molecule has 0 bridgehead atoms. The van der Waals surface area contributed by atoms with Crippen molar-refractivity contribution < 1.29 is 9.50 Å². The van der Waals surface area contributed by atoms with E-state index in [1.165, 1.54) is 12.1 Å². The first-order valence-corrected chi connectivity index (χ1v) is 7.47. The minimum atomic E-state index is -0.984. The van der Waals surface area contributed by atoms with E-state index >= 15 is 0 Å². The van der Waals surface area contributed by atoms with Crippen LogP contribution >= 0.6 is 15.9 Å². The summed E-state index contributed by atoms with van der Waals surface area (Å²) in [5.41, 5.74) is 1.70. The number of benzene rings is 2. The second-order valence-electron chi connectivity index (χ2n) is 5.14. The molecule has 20 heavy (non-hydrogen) atoms. The molecule has 0 radical (unpaired) electrons. The van der Waals surface area contributed by atoms with Crippen LogP contribution in [0.1, 0.15) is 30.0 Å². The average molecular weight is 337 g/mol. The molecule has 2 aromatic carbocycles. The lowest BCUT2D eigenvalue weighted by Gasteiger charge is -2.28. The second-order valence-corrected chi connectivity index (χ2v) is 6.06. The van der Waals surface area contributed by atoms with Crippen molar-refractivity contribution in [3.05, 3.63) is 69.4 Å². The topological polar surface area (TPSA) is 20.2 Å². The minimum absolute atomic E-state index is 0.265. The van der Waals surface area contributed by atoms with Gasteiger partial charge in [-0.1, -0.05) is 41.1 Å². The molecule has 0 spiro atoms. The Bertz CT molecular complexity index is 612. The third-order valence-corrected chi connectivity index (χ3v) is 4.23. The molecular weight excluding hydrogens is 319 g/mol. The van der Waals surface area contributed by atoms with Crippen LogP contribution in [-0.2, 0) is 12.0 Å². The van der Waals surface area contributed by atoms with E-state index in [0.29, 0.717) is 12.8 Å². The van der Waals surface area contributed by atoms with Crippen LogP contribution in [0.25, 0.3) is 0 Å². The Hall–Kier alpha value is -1.19. The van der Waals surface area contributed by atoms with Crippen molar-refractivity contribution in [2.45, 2.75) is 32.3 Å². The Balaban J connectivity index is 2.39. The summed E-state index contributed by atoms with van der Waals surface area (Å²) in [4.78, 5) is 0. The quantitative estimate of drug-likeness (QED) is 0.855. The highest BCUT2D eigenvalue weighted by Gasteiger charge is 2.28. The molecule has 1 nitrogen and oxygen atoms in total. The van der Waals surface area contributed by atoms with Crippen molar-refractivity contribution >= 4 is 15.9 Å². The zero-order valence-electron chi connectivity index (χ0n) is 11.7. The van der Waals surface area contributed by atoms with Crippen LogP contribution in [0, 0.1) is 12.7 Å². The van der Waals surface area contributed by atoms with Gasteiger partial charge < -0.3 is 5.11 Å². The summed E-state index contributed by atoms with van der Waals surface area (Å²) in [5.74, 6) is -0.265. The standard InChI is InChI=1S/C17H18BrFO/c1-3-17(20,14-5-4-6-15(18)10-14)11-13-9-16(19)8-7-12(13)2/h4-10,20H,3,11H2,1-2H3. The van der Waals surface area contributed by atoms with Gasteiger partial charge in [0.25, 0.3) is 0 Å². The van der Waals surface area contributed by atoms with Crippen LogP contribution < -0.4 is 0 Å². The molecule has 1 atom stereocenters. The lowest BCUT2D eigenvalue weighted by Crippen LogP contribution is -2.28. The van der Waals surface area contributed by atoms with E-state index < -0.39 is 5.60 Å². The molecule has 2 rings (SSSR count). The van der Waals surface area contributed by atoms with Crippen LogP contribution in [0.5, 0.6) is 0 Å². The molecule has 2 aromatic rings. The van der Waals surface area contributed by atoms with Gasteiger partial charge in [-0.15, -0.1) is 0 Å². The smallest absolute Gasteiger partial charge is 0.123 e. The Morgan fingerprint density at radius 1 is 1.20 bits per heavy atom. The molecule has 0 saturated carbocycles. The van der Waals surface area contributed by atoms with Gasteiger partial charge >= 0.3 is 0 Å². The Kier molecular flexibility index (Phi) is 4.61. The molecule has 0 aliphatic rings. The summed E-state index contributed by atoms with van der Waals surface area (Å²) in [7, 11) is 0. The molecule has 0 amide bonds. The molecular formula is C17H18BrFO. The molecule has 0 aromatic heterocycles. The van der Waals surface area contributed by atoms with E-state index in [4.69, 9.17) is 0 Å². The molecule has 1 unspecified atom stereocenters. The van der Waals surface area contributed by atoms with Crippen LogP contribution in [0.4, 0.5) is 4.39 Å². The first kappa shape index (κ1) is 15.2. The maximum atomic E-state index is 13.4. The number of aryl methyl sites for hydroxylation is 1. The van der Waals surface area contributed by atoms with Gasteiger partial charge in [-0.05, 0) is 54.3 Å². The first-order chi connectivity index (χ1) is 9.44. The van der Waals surface area contributed by atoms with Gasteiger partial charge in [0, 0.05) is 10.9 Å². The largest absolute Gasteiger partial charge is 0.385 e. The van der Waals surface area contributed by atoms with Crippen molar-refractivity contribution in [1.29, 1.82) is 0 Å². The fourth-order valence-electron chi connectivity index (χ4n) is 2.35. The number of halogens is 2. The summed E-state index contributed by atoms with van der Waals surface area (Å²) in [6, 6.07) is 12.4. The molecule has 0 saturated heterocycles. The van der Waals surface area contributed by atoms with E-state index in [2.05, 4.69) is 15.9 Å². The molecule has 0 heterocycles. The SMILES string of the molecule is CCC(O)(Cc1cc(F)ccc1C)c1cccc(Br)c1. The van der Waals surface area contributed by atoms with Crippen molar-refractivity contribution in [3.63, 3.8) is 0 Å². The van der Waals surface area contributed by atoms with Crippen molar-refractivity contribution in [3.8, 4) is 0 Å². The predicted octanol–water partition coefficient (Wildman–Crippen LogP) is 4.74. The summed E-state index contributed by atoms with van der Waals surface area (Å²) in [5, 5.41) is 10.9. The van der Waals surface area contributed by atoms with E-state index in [1.54, 1.807) is 6.07 Å². The second kappa shape index (κ2) is 6.06. The number of aliphatic hydroxyl groups is 1. The number of rotatable bonds is 4. The van der Waals surface area contributed by atoms with Gasteiger partial charge in [-0.25, -0.2) is 4.39 Å². The molecule has 1 N–H and O–H groups in total. The van der Waals surface area contributed by atoms with Gasteiger partial charge in [-0.3, -0.25) is 0 Å². The molecule has 0 aliphatic heterocycles. The fraction of sp³-hybridized carbons (Fsp3) is 0.294. The Morgan fingerprint density at radius 2 is 1.95 bits per heavy atom. The summed E-state index contributed by atoms with van der Waals surface area (Å²) in [6.07, 6.45) is 0.975. The molecule has 3 heteroatoms. The van der Waals surface area contributed by atoms with Gasteiger partial charge in [0.05, 0.1) is 5.60 Å². The van der Waals surface area contributed by atoms with Crippen molar-refractivity contribution in [2.24, 2.45) is 0 Å². The van der Waals surface area contributed by atoms with Gasteiger partial charge in [0.15, 0.2) is 0 Å². The van der Waals surface area contributed by atoms with Gasteiger partial charge in [0.2, 0.25) is 0 Å². The minimum Gasteiger partial charge on any atom is -0.385 e. The highest BCUT2D eigenvalue weighted by Crippen LogP contribution is 2.31. The van der Waals surface area contributed by atoms with Gasteiger partial charge in [0.1, 0.15) is 5.82 Å². The van der Waals surface area contributed by atoms with Crippen LogP contribution in [0.2, 0.25) is 0 Å². The predicted molar refractivity (Wildman–Crippen MR) is 83.2 cm³/mol. The first-order valence-electron chi connectivity index (χ1n) is 6.68. The third-order valence-electron chi connectivity index (χ3n) is 3.74. The Labute approximate surface area is 127 Å². The van der Waals surface area contributed by atoms with Crippen molar-refractivity contribution in [2.75, 3.05) is 0 Å². The van der Waals surface area contributed by atoms with Crippen molar-refractivity contribution in [1.82, 2.24) is 0 Å². The summed E-state index contributed by atoms with van der Waals surface area (Å²) >= 11 is 3.42. The van der Waals surface area contributed by atoms with Crippen LogP contribution in [0.3, 0.4) is 0 Å². The van der Waals surface area contributed by atoms with E-state index in [-0.39, 0.29) is 5.82 Å². The molecule has 0 fully saturated rings. The lowest BCUT2D eigenvalue weighted by atomic mass is 9.84. The van der Waals surface area contributed by atoms with E-state index in [1.807, 2.05) is 38.1 Å². The highest BCUT2D eigenvalue weighted by atomic mass is 79.9. The third kappa shape index (κ3) is 3.28. The zero-order valence-corrected chi connectivity index (χ0v) is 13.2. The summed E-state index contributed by atoms with van der Waals surface area (Å²) < 4.78 is 14.3. The maximum Gasteiger partial charge on any atom is 0.123 e. The Morgan fingerprint density at radius 3 is 2.60 bits per heavy atom. The highest BCUT2D eigenvalue weighted by molar-refractivity contribution is 9.10. The van der Waals surface area contributed by atoms with E-state index in [9.17, 15) is 9.50 Å². The average Bonchev–Trinajstić information content (AvgIpc) is 2.43. The monoisotopic (exact) mass is 336 g/mol. The lowest BCUT2D eigenvalue weighted by molar-refractivity contribution is 0.0325. The maximum absolute atomic E-state index is 13.4. The summed E-state index contributed by atoms with van der Waals surface area (Å²) in [6.45, 7) is 3.88. The van der Waals surface area contributed by atoms with E-state index in [0.717, 1.165) is 21.2 Å². The number of hydrogen-bond acceptors (Lipinski definition) is 1. The normalized spacial score (nSPS) is 14.1. The fourth-order valence-corrected chi connectivity index (χ4v) is 2.75. The van der Waals surface area contributed by atoms with Crippen LogP contribution in [0.15, 0.2) is 46.9 Å². The molecule has 106 valence electrons. The van der Waals surface area contributed by atoms with Crippen LogP contribution in [-0.4, -0.2) is 5.11 Å². The molecule has 0 aliphatic carbocycles. The number of hydrogen-bond donors (Lipinski definition) is 1. The van der Waals surface area contributed by atoms with Gasteiger partial charge in [-0.2, -0.15) is 0 Å². The zero-order chi connectivity index (χ0) is 14.8.